The summed E-state index contributed by atoms with van der Waals surface area (Å²) in [4.78, 5) is 0. The topological polar surface area (TPSA) is 0 Å². The van der Waals surface area contributed by atoms with Gasteiger partial charge in [0.2, 0.25) is 5.67 Å². The van der Waals surface area contributed by atoms with Crippen molar-refractivity contribution in [2.24, 2.45) is 0 Å². The van der Waals surface area contributed by atoms with E-state index in [0.29, 0.717) is 0 Å². The van der Waals surface area contributed by atoms with E-state index >= 15 is 0 Å². The molecule has 0 nitrogen and oxygen atoms in total. The second-order valence-electron chi connectivity index (χ2n) is 3.64. The maximum atomic E-state index is 13.1. The molecule has 0 saturated heterocycles. The second-order valence-corrected chi connectivity index (χ2v) is 3.64. The summed E-state index contributed by atoms with van der Waals surface area (Å²) in [6, 6.07) is 0. The van der Waals surface area contributed by atoms with Gasteiger partial charge in [-0.1, -0.05) is 6.92 Å². The van der Waals surface area contributed by atoms with Crippen LogP contribution in [0.2, 0.25) is 0 Å². The molecule has 0 aliphatic carbocycles. The molecule has 0 aliphatic heterocycles. The van der Waals surface area contributed by atoms with Crippen LogP contribution in [0.1, 0.15) is 13.3 Å². The van der Waals surface area contributed by atoms with Gasteiger partial charge < -0.3 is 0 Å². The predicted octanol–water partition coefficient (Wildman–Crippen LogP) is 5.00. The van der Waals surface area contributed by atoms with Gasteiger partial charge in [0.25, 0.3) is 0 Å². The Morgan fingerprint density at radius 2 is 1.00 bits per heavy atom. The number of alkyl halides is 10. The molecule has 0 N–H and O–H groups in total. The Bertz CT molecular complexity index is 327. The van der Waals surface area contributed by atoms with Crippen LogP contribution in [0.25, 0.3) is 0 Å². The third-order valence-corrected chi connectivity index (χ3v) is 2.43. The van der Waals surface area contributed by atoms with Crippen LogP contribution in [0.3, 0.4) is 0 Å². The van der Waals surface area contributed by atoms with Crippen LogP contribution in [-0.2, 0) is 0 Å². The van der Waals surface area contributed by atoms with Gasteiger partial charge in [0, 0.05) is 0 Å². The van der Waals surface area contributed by atoms with Crippen LogP contribution in [-0.4, -0.2) is 29.6 Å². The van der Waals surface area contributed by atoms with Crippen molar-refractivity contribution in [1.82, 2.24) is 0 Å². The molecule has 0 spiro atoms. The maximum Gasteiger partial charge on any atom is 0.460 e. The average Bonchev–Trinajstić information content (AvgIpc) is 2.25. The minimum Gasteiger partial charge on any atom is -0.230 e. The van der Waals surface area contributed by atoms with Gasteiger partial charge in [0.05, 0.1) is 0 Å². The first-order valence-corrected chi connectivity index (χ1v) is 4.58. The fourth-order valence-corrected chi connectivity index (χ4v) is 1.10. The summed E-state index contributed by atoms with van der Waals surface area (Å²) >= 11 is 0. The van der Waals surface area contributed by atoms with Crippen LogP contribution < -0.4 is 0 Å². The Morgan fingerprint density at radius 1 is 0.650 bits per heavy atom. The molecule has 0 aromatic heterocycles. The van der Waals surface area contributed by atoms with Gasteiger partial charge in [-0.2, -0.15) is 48.3 Å². The van der Waals surface area contributed by atoms with Crippen molar-refractivity contribution in [3.63, 3.8) is 0 Å². The SMILES string of the molecule is CCC(F)([C](F)F)C(F)(F)C(F)(F)C(F)(F)C(F)(F)F. The van der Waals surface area contributed by atoms with Gasteiger partial charge in [-0.15, -0.1) is 0 Å². The molecule has 0 rings (SSSR count). The molecule has 0 heterocycles. The number of halogens is 12. The van der Waals surface area contributed by atoms with Crippen molar-refractivity contribution in [2.75, 3.05) is 0 Å². The normalized spacial score (nSPS) is 18.3. The molecule has 1 atom stereocenters. The highest BCUT2D eigenvalue weighted by Gasteiger charge is 2.87. The van der Waals surface area contributed by atoms with Crippen LogP contribution in [0, 0.1) is 6.43 Å². The molecule has 12 heteroatoms. The first kappa shape index (κ1) is 19.2. The molecule has 0 bridgehead atoms. The molecule has 0 amide bonds. The fraction of sp³-hybridized carbons (Fsp3) is 0.875. The van der Waals surface area contributed by atoms with E-state index in [2.05, 4.69) is 0 Å². The summed E-state index contributed by atoms with van der Waals surface area (Å²) in [6.45, 7) is 0.148. The van der Waals surface area contributed by atoms with E-state index in [-0.39, 0.29) is 6.92 Å². The minimum absolute atomic E-state index is 0.148. The van der Waals surface area contributed by atoms with Crippen molar-refractivity contribution in [3.8, 4) is 0 Å². The summed E-state index contributed by atoms with van der Waals surface area (Å²) in [7, 11) is 0. The van der Waals surface area contributed by atoms with Gasteiger partial charge in [-0.3, -0.25) is 0 Å². The lowest BCUT2D eigenvalue weighted by Crippen LogP contribution is -2.67. The highest BCUT2D eigenvalue weighted by molar-refractivity contribution is 5.14. The molecule has 1 radical (unpaired) electrons. The molecule has 0 aliphatic rings. The number of hydrogen-bond acceptors (Lipinski definition) is 0. The standard InChI is InChI=1S/C8H5F12/c1-2-4(11,3(9)10)5(12,13)6(14,15)7(16,17)8(18,19)20/h2H2,1H3. The Balaban J connectivity index is 6.05. The van der Waals surface area contributed by atoms with E-state index in [0.717, 1.165) is 0 Å². The third-order valence-electron chi connectivity index (χ3n) is 2.43. The monoisotopic (exact) mass is 329 g/mol. The Kier molecular flexibility index (Phi) is 4.66. The zero-order chi connectivity index (χ0) is 16.8. The lowest BCUT2D eigenvalue weighted by Gasteiger charge is -2.39. The lowest BCUT2D eigenvalue weighted by atomic mass is 9.87. The van der Waals surface area contributed by atoms with Gasteiger partial charge >= 0.3 is 30.4 Å². The molecule has 20 heavy (non-hydrogen) atoms. The quantitative estimate of drug-likeness (QED) is 0.623. The molecule has 0 aromatic rings. The highest BCUT2D eigenvalue weighted by atomic mass is 19.4. The van der Waals surface area contributed by atoms with E-state index in [9.17, 15) is 52.7 Å². The van der Waals surface area contributed by atoms with Crippen molar-refractivity contribution in [2.45, 2.75) is 43.0 Å². The second kappa shape index (κ2) is 4.86. The van der Waals surface area contributed by atoms with Crippen molar-refractivity contribution >= 4 is 0 Å². The van der Waals surface area contributed by atoms with E-state index < -0.39 is 42.5 Å². The van der Waals surface area contributed by atoms with E-state index in [4.69, 9.17) is 0 Å². The van der Waals surface area contributed by atoms with Crippen LogP contribution in [0.4, 0.5) is 52.7 Å². The molecule has 0 saturated carbocycles. The lowest BCUT2D eigenvalue weighted by molar-refractivity contribution is -0.413. The summed E-state index contributed by atoms with van der Waals surface area (Å²) in [5.41, 5.74) is -5.63. The first-order chi connectivity index (χ1) is 8.50. The van der Waals surface area contributed by atoms with Gasteiger partial charge in [-0.05, 0) is 6.42 Å². The largest absolute Gasteiger partial charge is 0.460 e. The van der Waals surface area contributed by atoms with E-state index in [1.165, 1.54) is 0 Å². The summed E-state index contributed by atoms with van der Waals surface area (Å²) in [5.74, 6) is -21.8. The van der Waals surface area contributed by atoms with Crippen molar-refractivity contribution in [1.29, 1.82) is 0 Å². The van der Waals surface area contributed by atoms with Crippen molar-refractivity contribution < 1.29 is 52.7 Å². The Morgan fingerprint density at radius 3 is 1.20 bits per heavy atom. The molecule has 121 valence electrons. The van der Waals surface area contributed by atoms with Gasteiger partial charge in [-0.25, -0.2) is 4.39 Å². The van der Waals surface area contributed by atoms with E-state index in [1.54, 1.807) is 0 Å². The zero-order valence-electron chi connectivity index (χ0n) is 9.24. The zero-order valence-corrected chi connectivity index (χ0v) is 9.24. The average molecular weight is 329 g/mol. The fourth-order valence-electron chi connectivity index (χ4n) is 1.10. The van der Waals surface area contributed by atoms with Crippen molar-refractivity contribution in [3.05, 3.63) is 6.43 Å². The van der Waals surface area contributed by atoms with Gasteiger partial charge in [0.15, 0.2) is 0 Å². The van der Waals surface area contributed by atoms with Crippen LogP contribution >= 0.6 is 0 Å². The molecular formula is C8H5F12. The maximum absolute atomic E-state index is 13.1. The first-order valence-electron chi connectivity index (χ1n) is 4.58. The molecule has 0 aromatic carbocycles. The number of hydrogen-bond donors (Lipinski definition) is 0. The molecule has 1 unspecified atom stereocenters. The Labute approximate surface area is 103 Å². The summed E-state index contributed by atoms with van der Waals surface area (Å²) in [5, 5.41) is 0. The minimum atomic E-state index is -7.42. The summed E-state index contributed by atoms with van der Waals surface area (Å²) < 4.78 is 148. The van der Waals surface area contributed by atoms with Gasteiger partial charge in [0.1, 0.15) is 0 Å². The predicted molar refractivity (Wildman–Crippen MR) is 40.5 cm³/mol. The van der Waals surface area contributed by atoms with Crippen LogP contribution in [0.15, 0.2) is 0 Å². The number of rotatable bonds is 5. The summed E-state index contributed by atoms with van der Waals surface area (Å²) in [6.07, 6.45) is -13.4. The molecular weight excluding hydrogens is 324 g/mol. The smallest absolute Gasteiger partial charge is 0.230 e. The Hall–Kier alpha value is -0.840. The van der Waals surface area contributed by atoms with Crippen LogP contribution in [0.5, 0.6) is 0 Å². The molecule has 0 fully saturated rings. The van der Waals surface area contributed by atoms with E-state index in [1.807, 2.05) is 0 Å². The highest BCUT2D eigenvalue weighted by Crippen LogP contribution is 2.59. The third kappa shape index (κ3) is 2.30.